The molecule has 0 radical (unpaired) electrons. The van der Waals surface area contributed by atoms with Gasteiger partial charge in [-0.3, -0.25) is 4.79 Å². The lowest BCUT2D eigenvalue weighted by atomic mass is 10.1. The Morgan fingerprint density at radius 3 is 2.60 bits per heavy atom. The summed E-state index contributed by atoms with van der Waals surface area (Å²) in [5, 5.41) is 14.4. The molecular formula is C16H12Cl2FN5O. The van der Waals surface area contributed by atoms with Crippen molar-refractivity contribution in [1.82, 2.24) is 20.2 Å². The van der Waals surface area contributed by atoms with E-state index in [-0.39, 0.29) is 18.0 Å². The molecule has 128 valence electrons. The van der Waals surface area contributed by atoms with Crippen molar-refractivity contribution in [2.24, 2.45) is 0 Å². The van der Waals surface area contributed by atoms with Gasteiger partial charge in [0.1, 0.15) is 11.5 Å². The summed E-state index contributed by atoms with van der Waals surface area (Å²) in [6.07, 6.45) is -0.00484. The highest BCUT2D eigenvalue weighted by Gasteiger charge is 2.14. The van der Waals surface area contributed by atoms with Gasteiger partial charge in [0.15, 0.2) is 5.82 Å². The third kappa shape index (κ3) is 3.78. The first-order valence-corrected chi connectivity index (χ1v) is 7.99. The molecule has 9 heteroatoms. The van der Waals surface area contributed by atoms with Crippen LogP contribution < -0.4 is 5.32 Å². The maximum Gasteiger partial charge on any atom is 0.228 e. The Hall–Kier alpha value is -2.51. The van der Waals surface area contributed by atoms with Crippen LogP contribution in [-0.4, -0.2) is 26.1 Å². The van der Waals surface area contributed by atoms with E-state index in [1.807, 2.05) is 0 Å². The van der Waals surface area contributed by atoms with E-state index in [4.69, 9.17) is 23.2 Å². The Bertz CT molecular complexity index is 924. The number of hydrogen-bond donors (Lipinski definition) is 1. The van der Waals surface area contributed by atoms with E-state index >= 15 is 0 Å². The minimum Gasteiger partial charge on any atom is -0.326 e. The largest absolute Gasteiger partial charge is 0.326 e. The molecule has 0 aliphatic rings. The van der Waals surface area contributed by atoms with E-state index in [1.54, 1.807) is 25.1 Å². The number of nitrogens with one attached hydrogen (secondary N) is 1. The summed E-state index contributed by atoms with van der Waals surface area (Å²) in [5.74, 6) is -0.422. The number of carbonyl (C=O) groups is 1. The third-order valence-electron chi connectivity index (χ3n) is 3.48. The molecule has 0 aliphatic carbocycles. The zero-order valence-corrected chi connectivity index (χ0v) is 14.5. The third-order valence-corrected chi connectivity index (χ3v) is 4.19. The normalized spacial score (nSPS) is 10.7. The quantitative estimate of drug-likeness (QED) is 0.751. The number of halogens is 3. The van der Waals surface area contributed by atoms with E-state index in [0.717, 1.165) is 0 Å². The standard InChI is InChI=1S/C16H12Cl2FN5O/c1-9-21-22-23-24(9)15-7-10(5-6-14(15)19)20-16(25)8-11-12(17)3-2-4-13(11)18/h2-7H,8H2,1H3,(H,20,25). The molecule has 3 aromatic rings. The van der Waals surface area contributed by atoms with Crippen molar-refractivity contribution in [2.45, 2.75) is 13.3 Å². The van der Waals surface area contributed by atoms with Gasteiger partial charge >= 0.3 is 0 Å². The van der Waals surface area contributed by atoms with E-state index < -0.39 is 5.82 Å². The molecule has 1 heterocycles. The molecule has 1 N–H and O–H groups in total. The molecule has 0 saturated carbocycles. The van der Waals surface area contributed by atoms with Crippen LogP contribution in [0.4, 0.5) is 10.1 Å². The lowest BCUT2D eigenvalue weighted by molar-refractivity contribution is -0.115. The van der Waals surface area contributed by atoms with Crippen LogP contribution in [0.25, 0.3) is 5.69 Å². The summed E-state index contributed by atoms with van der Waals surface area (Å²) in [6.45, 7) is 1.64. The van der Waals surface area contributed by atoms with Gasteiger partial charge in [0.05, 0.1) is 6.42 Å². The van der Waals surface area contributed by atoms with Crippen molar-refractivity contribution in [3.8, 4) is 5.69 Å². The van der Waals surface area contributed by atoms with Crippen molar-refractivity contribution in [3.63, 3.8) is 0 Å². The van der Waals surface area contributed by atoms with Crippen LogP contribution in [0.5, 0.6) is 0 Å². The number of nitrogens with zero attached hydrogens (tertiary/aromatic N) is 4. The maximum absolute atomic E-state index is 14.0. The predicted molar refractivity (Wildman–Crippen MR) is 92.6 cm³/mol. The van der Waals surface area contributed by atoms with Crippen LogP contribution >= 0.6 is 23.2 Å². The highest BCUT2D eigenvalue weighted by Crippen LogP contribution is 2.25. The second-order valence-electron chi connectivity index (χ2n) is 5.23. The Labute approximate surface area is 152 Å². The number of benzene rings is 2. The van der Waals surface area contributed by atoms with Crippen molar-refractivity contribution >= 4 is 34.8 Å². The van der Waals surface area contributed by atoms with Gasteiger partial charge in [0.25, 0.3) is 0 Å². The van der Waals surface area contributed by atoms with E-state index in [9.17, 15) is 9.18 Å². The number of aromatic nitrogens is 4. The molecule has 0 unspecified atom stereocenters. The fourth-order valence-electron chi connectivity index (χ4n) is 2.27. The number of amides is 1. The predicted octanol–water partition coefficient (Wildman–Crippen LogP) is 3.60. The molecule has 6 nitrogen and oxygen atoms in total. The monoisotopic (exact) mass is 379 g/mol. The smallest absolute Gasteiger partial charge is 0.228 e. The molecule has 0 atom stereocenters. The summed E-state index contributed by atoms with van der Waals surface area (Å²) in [7, 11) is 0. The second kappa shape index (κ2) is 7.16. The summed E-state index contributed by atoms with van der Waals surface area (Å²) < 4.78 is 15.3. The zero-order valence-electron chi connectivity index (χ0n) is 13.0. The first-order chi connectivity index (χ1) is 12.0. The van der Waals surface area contributed by atoms with Gasteiger partial charge < -0.3 is 5.32 Å². The van der Waals surface area contributed by atoms with Crippen molar-refractivity contribution in [2.75, 3.05) is 5.32 Å². The van der Waals surface area contributed by atoms with Gasteiger partial charge in [-0.15, -0.1) is 5.10 Å². The summed E-state index contributed by atoms with van der Waals surface area (Å²) in [5.41, 5.74) is 1.07. The molecule has 0 saturated heterocycles. The zero-order chi connectivity index (χ0) is 18.0. The van der Waals surface area contributed by atoms with E-state index in [2.05, 4.69) is 20.8 Å². The average molecular weight is 380 g/mol. The lowest BCUT2D eigenvalue weighted by Gasteiger charge is -2.10. The van der Waals surface area contributed by atoms with Crippen LogP contribution in [0.15, 0.2) is 36.4 Å². The lowest BCUT2D eigenvalue weighted by Crippen LogP contribution is -2.15. The van der Waals surface area contributed by atoms with Crippen molar-refractivity contribution in [3.05, 3.63) is 63.6 Å². The minimum absolute atomic E-state index is 0.00484. The maximum atomic E-state index is 14.0. The Balaban J connectivity index is 1.82. The van der Waals surface area contributed by atoms with E-state index in [1.165, 1.54) is 22.9 Å². The second-order valence-corrected chi connectivity index (χ2v) is 6.04. The SMILES string of the molecule is Cc1nnnn1-c1cc(NC(=O)Cc2c(Cl)cccc2Cl)ccc1F. The van der Waals surface area contributed by atoms with Crippen molar-refractivity contribution < 1.29 is 9.18 Å². The number of anilines is 1. The number of tetrazole rings is 1. The molecule has 3 rings (SSSR count). The van der Waals surface area contributed by atoms with Crippen molar-refractivity contribution in [1.29, 1.82) is 0 Å². The Kier molecular flexibility index (Phi) is 4.96. The number of hydrogen-bond acceptors (Lipinski definition) is 4. The molecule has 25 heavy (non-hydrogen) atoms. The molecule has 2 aromatic carbocycles. The summed E-state index contributed by atoms with van der Waals surface area (Å²) >= 11 is 12.1. The van der Waals surface area contributed by atoms with Gasteiger partial charge in [0.2, 0.25) is 5.91 Å². The van der Waals surface area contributed by atoms with Gasteiger partial charge in [-0.05, 0) is 53.2 Å². The van der Waals surface area contributed by atoms with Crippen LogP contribution in [0.3, 0.4) is 0 Å². The topological polar surface area (TPSA) is 72.7 Å². The average Bonchev–Trinajstić information content (AvgIpc) is 2.99. The number of carbonyl (C=O) groups excluding carboxylic acids is 1. The fraction of sp³-hybridized carbons (Fsp3) is 0.125. The van der Waals surface area contributed by atoms with Crippen LogP contribution in [0.2, 0.25) is 10.0 Å². The highest BCUT2D eigenvalue weighted by atomic mass is 35.5. The van der Waals surface area contributed by atoms with Crippen LogP contribution in [-0.2, 0) is 11.2 Å². The Morgan fingerprint density at radius 1 is 1.24 bits per heavy atom. The van der Waals surface area contributed by atoms with Gasteiger partial charge in [-0.2, -0.15) is 4.68 Å². The summed E-state index contributed by atoms with van der Waals surface area (Å²) in [4.78, 5) is 12.3. The minimum atomic E-state index is -0.512. The highest BCUT2D eigenvalue weighted by molar-refractivity contribution is 6.36. The van der Waals surface area contributed by atoms with E-state index in [0.29, 0.717) is 27.1 Å². The molecule has 0 spiro atoms. The molecular weight excluding hydrogens is 368 g/mol. The van der Waals surface area contributed by atoms with Crippen LogP contribution in [0, 0.1) is 12.7 Å². The first kappa shape index (κ1) is 17.3. The fourth-order valence-corrected chi connectivity index (χ4v) is 2.81. The molecule has 0 aliphatic heterocycles. The number of aryl methyl sites for hydroxylation is 1. The number of rotatable bonds is 4. The first-order valence-electron chi connectivity index (χ1n) is 7.23. The van der Waals surface area contributed by atoms with Crippen LogP contribution in [0.1, 0.15) is 11.4 Å². The molecule has 1 aromatic heterocycles. The Morgan fingerprint density at radius 2 is 1.96 bits per heavy atom. The molecule has 0 fully saturated rings. The molecule has 0 bridgehead atoms. The summed E-state index contributed by atoms with van der Waals surface area (Å²) in [6, 6.07) is 9.15. The molecule has 1 amide bonds. The van der Waals surface area contributed by atoms with Gasteiger partial charge in [0, 0.05) is 15.7 Å². The van der Waals surface area contributed by atoms with Gasteiger partial charge in [-0.25, -0.2) is 4.39 Å². The van der Waals surface area contributed by atoms with Gasteiger partial charge in [-0.1, -0.05) is 29.3 Å².